The lowest BCUT2D eigenvalue weighted by molar-refractivity contribution is 0.131. The molecule has 8 heteroatoms. The summed E-state index contributed by atoms with van der Waals surface area (Å²) in [6.45, 7) is 6.26. The van der Waals surface area contributed by atoms with Crippen molar-refractivity contribution in [2.75, 3.05) is 18.8 Å². The molecule has 0 spiro atoms. The molecular formula is C28H33N7O. The van der Waals surface area contributed by atoms with E-state index in [9.17, 15) is 0 Å². The van der Waals surface area contributed by atoms with Crippen LogP contribution in [-0.4, -0.2) is 45.3 Å². The lowest BCUT2D eigenvalue weighted by Crippen LogP contribution is -2.40. The summed E-state index contributed by atoms with van der Waals surface area (Å²) < 4.78 is 8.52. The van der Waals surface area contributed by atoms with Gasteiger partial charge in [0.1, 0.15) is 34.7 Å². The van der Waals surface area contributed by atoms with Crippen molar-refractivity contribution in [2.24, 2.45) is 5.73 Å². The number of nitrogens with one attached hydrogen (secondary N) is 2. The Kier molecular flexibility index (Phi) is 6.26. The van der Waals surface area contributed by atoms with Gasteiger partial charge in [-0.1, -0.05) is 31.2 Å². The summed E-state index contributed by atoms with van der Waals surface area (Å²) in [4.78, 5) is 6.97. The third-order valence-electron chi connectivity index (χ3n) is 7.08. The van der Waals surface area contributed by atoms with Crippen LogP contribution in [0.15, 0.2) is 48.5 Å². The highest BCUT2D eigenvalue weighted by molar-refractivity contribution is 5.99. The van der Waals surface area contributed by atoms with Crippen LogP contribution < -0.4 is 16.2 Å². The van der Waals surface area contributed by atoms with E-state index in [4.69, 9.17) is 32.0 Å². The lowest BCUT2D eigenvalue weighted by atomic mass is 10.0. The number of aromatic nitrogens is 2. The highest BCUT2D eigenvalue weighted by atomic mass is 16.5. The molecule has 0 amide bonds. The summed E-state index contributed by atoms with van der Waals surface area (Å²) >= 11 is 0. The minimum absolute atomic E-state index is 0.0695. The van der Waals surface area contributed by atoms with E-state index >= 15 is 0 Å². The van der Waals surface area contributed by atoms with Crippen molar-refractivity contribution in [3.63, 3.8) is 0 Å². The Balaban J connectivity index is 1.43. The highest BCUT2D eigenvalue weighted by Gasteiger charge is 2.23. The molecule has 8 nitrogen and oxygen atoms in total. The van der Waals surface area contributed by atoms with E-state index in [0.717, 1.165) is 71.1 Å². The number of fused-ring (bicyclic) bond motifs is 2. The molecule has 0 bridgehead atoms. The molecule has 5 rings (SSSR count). The Labute approximate surface area is 210 Å². The number of imidazole rings is 1. The van der Waals surface area contributed by atoms with Crippen LogP contribution in [0.2, 0.25) is 0 Å². The number of ether oxygens (including phenoxy) is 1. The van der Waals surface area contributed by atoms with Crippen molar-refractivity contribution in [1.82, 2.24) is 14.5 Å². The normalized spacial score (nSPS) is 14.4. The Morgan fingerprint density at radius 3 is 2.50 bits per heavy atom. The first-order valence-electron chi connectivity index (χ1n) is 12.5. The molecule has 1 aromatic heterocycles. The van der Waals surface area contributed by atoms with Gasteiger partial charge in [-0.3, -0.25) is 10.8 Å². The van der Waals surface area contributed by atoms with E-state index in [1.165, 1.54) is 0 Å². The summed E-state index contributed by atoms with van der Waals surface area (Å²) in [7, 11) is 0. The average molecular weight is 484 g/mol. The minimum atomic E-state index is 0.0695. The molecule has 0 atom stereocenters. The SMILES string of the molecule is CCc1nc2c(N)c(OC3CCN(C(C)=N)CC3)ccc2n1Cc1ccc2ccc(C(=N)N)cc2c1. The molecule has 1 aliphatic heterocycles. The number of anilines is 1. The predicted octanol–water partition coefficient (Wildman–Crippen LogP) is 4.51. The Bertz CT molecular complexity index is 1460. The topological polar surface area (TPSA) is 130 Å². The summed E-state index contributed by atoms with van der Waals surface area (Å²) in [5.74, 6) is 2.33. The zero-order chi connectivity index (χ0) is 25.4. The number of benzene rings is 3. The molecule has 1 saturated heterocycles. The van der Waals surface area contributed by atoms with Gasteiger partial charge < -0.3 is 25.7 Å². The molecule has 1 fully saturated rings. The average Bonchev–Trinajstić information content (AvgIpc) is 3.23. The largest absolute Gasteiger partial charge is 0.488 e. The van der Waals surface area contributed by atoms with E-state index in [0.29, 0.717) is 23.8 Å². The van der Waals surface area contributed by atoms with E-state index in [1.807, 2.05) is 31.2 Å². The maximum Gasteiger partial charge on any atom is 0.144 e. The van der Waals surface area contributed by atoms with Gasteiger partial charge in [-0.05, 0) is 47.5 Å². The maximum atomic E-state index is 7.83. The van der Waals surface area contributed by atoms with Gasteiger partial charge in [0.25, 0.3) is 0 Å². The van der Waals surface area contributed by atoms with Crippen molar-refractivity contribution in [1.29, 1.82) is 10.8 Å². The third kappa shape index (κ3) is 4.46. The van der Waals surface area contributed by atoms with E-state index < -0.39 is 0 Å². The highest BCUT2D eigenvalue weighted by Crippen LogP contribution is 2.33. The van der Waals surface area contributed by atoms with Gasteiger partial charge in [-0.25, -0.2) is 4.98 Å². The fourth-order valence-electron chi connectivity index (χ4n) is 5.02. The monoisotopic (exact) mass is 483 g/mol. The second-order valence-corrected chi connectivity index (χ2v) is 9.51. The number of piperidine rings is 1. The Morgan fingerprint density at radius 2 is 1.81 bits per heavy atom. The van der Waals surface area contributed by atoms with Crippen molar-refractivity contribution >= 4 is 39.2 Å². The fraction of sp³-hybridized carbons (Fsp3) is 0.321. The predicted molar refractivity (Wildman–Crippen MR) is 146 cm³/mol. The number of nitrogens with zero attached hydrogens (tertiary/aromatic N) is 3. The van der Waals surface area contributed by atoms with Crippen LogP contribution in [0.5, 0.6) is 5.75 Å². The first-order valence-corrected chi connectivity index (χ1v) is 12.5. The Hall–Kier alpha value is -4.07. The zero-order valence-corrected chi connectivity index (χ0v) is 20.8. The molecular weight excluding hydrogens is 450 g/mol. The van der Waals surface area contributed by atoms with Crippen molar-refractivity contribution in [2.45, 2.75) is 45.8 Å². The van der Waals surface area contributed by atoms with Crippen molar-refractivity contribution in [3.8, 4) is 5.75 Å². The smallest absolute Gasteiger partial charge is 0.144 e. The molecule has 186 valence electrons. The molecule has 4 aromatic rings. The van der Waals surface area contributed by atoms with E-state index in [-0.39, 0.29) is 11.9 Å². The molecule has 6 N–H and O–H groups in total. The van der Waals surface area contributed by atoms with Crippen LogP contribution in [0.25, 0.3) is 21.8 Å². The van der Waals surface area contributed by atoms with Crippen LogP contribution in [0, 0.1) is 10.8 Å². The quantitative estimate of drug-likeness (QED) is 0.182. The van der Waals surface area contributed by atoms with Crippen molar-refractivity contribution < 1.29 is 4.74 Å². The Morgan fingerprint density at radius 1 is 1.06 bits per heavy atom. The van der Waals surface area contributed by atoms with E-state index in [1.54, 1.807) is 0 Å². The van der Waals surface area contributed by atoms with Gasteiger partial charge in [-0.15, -0.1) is 0 Å². The van der Waals surface area contributed by atoms with Crippen LogP contribution in [0.3, 0.4) is 0 Å². The number of hydrogen-bond acceptors (Lipinski definition) is 5. The molecule has 0 saturated carbocycles. The number of nitrogens with two attached hydrogens (primary N) is 2. The van der Waals surface area contributed by atoms with Gasteiger partial charge in [0.15, 0.2) is 0 Å². The lowest BCUT2D eigenvalue weighted by Gasteiger charge is -2.33. The number of nitrogen functional groups attached to an aromatic ring is 2. The minimum Gasteiger partial charge on any atom is -0.488 e. The van der Waals surface area contributed by atoms with Gasteiger partial charge in [0.05, 0.1) is 11.4 Å². The standard InChI is InChI=1S/C28H33N7O/c1-3-25-33-27-23(8-9-24(26(27)30)36-22-10-12-34(13-11-22)17(2)29)35(25)16-18-4-5-19-6-7-20(28(31)32)15-21(19)14-18/h4-9,14-15,22,29H,3,10-13,16,30H2,1-2H3,(H3,31,32). The second kappa shape index (κ2) is 9.53. The third-order valence-corrected chi connectivity index (χ3v) is 7.08. The first-order chi connectivity index (χ1) is 17.3. The molecule has 3 aromatic carbocycles. The number of hydrogen-bond donors (Lipinski definition) is 4. The number of likely N-dealkylation sites (tertiary alicyclic amines) is 1. The molecule has 0 unspecified atom stereocenters. The fourth-order valence-corrected chi connectivity index (χ4v) is 5.02. The summed E-state index contributed by atoms with van der Waals surface area (Å²) in [5, 5.41) is 17.7. The molecule has 0 radical (unpaired) electrons. The molecule has 0 aliphatic carbocycles. The second-order valence-electron chi connectivity index (χ2n) is 9.51. The van der Waals surface area contributed by atoms with Crippen molar-refractivity contribution in [3.05, 3.63) is 65.5 Å². The number of aryl methyl sites for hydroxylation is 1. The first kappa shape index (κ1) is 23.7. The molecule has 1 aliphatic rings. The van der Waals surface area contributed by atoms with Gasteiger partial charge in [-0.2, -0.15) is 0 Å². The van der Waals surface area contributed by atoms with Gasteiger partial charge in [0.2, 0.25) is 0 Å². The summed E-state index contributed by atoms with van der Waals surface area (Å²) in [6, 6.07) is 16.2. The zero-order valence-electron chi connectivity index (χ0n) is 20.8. The van der Waals surface area contributed by atoms with Crippen LogP contribution in [-0.2, 0) is 13.0 Å². The summed E-state index contributed by atoms with van der Waals surface area (Å²) in [6.07, 6.45) is 2.62. The number of amidine groups is 2. The van der Waals surface area contributed by atoms with Crippen LogP contribution >= 0.6 is 0 Å². The molecule has 36 heavy (non-hydrogen) atoms. The van der Waals surface area contributed by atoms with Crippen LogP contribution in [0.4, 0.5) is 5.69 Å². The summed E-state index contributed by atoms with van der Waals surface area (Å²) in [5.41, 5.74) is 16.5. The van der Waals surface area contributed by atoms with E-state index in [2.05, 4.69) is 40.7 Å². The molecule has 2 heterocycles. The van der Waals surface area contributed by atoms with Gasteiger partial charge >= 0.3 is 0 Å². The van der Waals surface area contributed by atoms with Crippen LogP contribution in [0.1, 0.15) is 43.6 Å². The number of rotatable bonds is 6. The maximum absolute atomic E-state index is 7.83. The van der Waals surface area contributed by atoms with Gasteiger partial charge in [0, 0.05) is 44.5 Å².